The average Bonchev–Trinajstić information content (AvgIpc) is 2.66. The van der Waals surface area contributed by atoms with E-state index >= 15 is 0 Å². The third kappa shape index (κ3) is 2.29. The van der Waals surface area contributed by atoms with Crippen LogP contribution in [0.3, 0.4) is 0 Å². The molecule has 0 radical (unpaired) electrons. The van der Waals surface area contributed by atoms with Gasteiger partial charge < -0.3 is 4.74 Å². The fraction of sp³-hybridized carbons (Fsp3) is 0.500. The van der Waals surface area contributed by atoms with Crippen molar-refractivity contribution < 1.29 is 14.3 Å². The summed E-state index contributed by atoms with van der Waals surface area (Å²) in [6.45, 7) is 7.95. The molecule has 0 aromatic heterocycles. The zero-order valence-corrected chi connectivity index (χ0v) is 12.0. The largest absolute Gasteiger partial charge is 0.465 e. The molecule has 1 aromatic carbocycles. The lowest BCUT2D eigenvalue weighted by molar-refractivity contribution is -0.150. The van der Waals surface area contributed by atoms with Crippen molar-refractivity contribution in [1.29, 1.82) is 0 Å². The number of aryl methyl sites for hydroxylation is 3. The highest BCUT2D eigenvalue weighted by atomic mass is 16.5. The van der Waals surface area contributed by atoms with E-state index in [0.29, 0.717) is 19.4 Å². The predicted molar refractivity (Wildman–Crippen MR) is 73.0 cm³/mol. The number of Topliss-reactive ketones (excluding diaryl/α,β-unsaturated/α-hetero) is 1. The van der Waals surface area contributed by atoms with Crippen LogP contribution in [0.1, 0.15) is 35.6 Å². The van der Waals surface area contributed by atoms with Gasteiger partial charge in [-0.15, -0.1) is 0 Å². The van der Waals surface area contributed by atoms with Gasteiger partial charge in [0, 0.05) is 6.42 Å². The van der Waals surface area contributed by atoms with Crippen LogP contribution in [0.5, 0.6) is 0 Å². The highest BCUT2D eigenvalue weighted by Crippen LogP contribution is 2.36. The van der Waals surface area contributed by atoms with Gasteiger partial charge in [0.15, 0.2) is 0 Å². The van der Waals surface area contributed by atoms with Gasteiger partial charge in [-0.05, 0) is 50.8 Å². The Balaban J connectivity index is 2.44. The zero-order chi connectivity index (χ0) is 14.2. The van der Waals surface area contributed by atoms with Crippen molar-refractivity contribution in [3.8, 4) is 0 Å². The number of benzene rings is 1. The average molecular weight is 260 g/mol. The number of rotatable bonds is 3. The quantitative estimate of drug-likeness (QED) is 0.620. The minimum Gasteiger partial charge on any atom is -0.465 e. The number of cyclic esters (lactones) is 1. The molecule has 19 heavy (non-hydrogen) atoms. The van der Waals surface area contributed by atoms with Crippen LogP contribution in [-0.4, -0.2) is 18.4 Å². The summed E-state index contributed by atoms with van der Waals surface area (Å²) >= 11 is 0. The summed E-state index contributed by atoms with van der Waals surface area (Å²) < 4.78 is 5.05. The van der Waals surface area contributed by atoms with Crippen LogP contribution in [-0.2, 0) is 20.7 Å². The topological polar surface area (TPSA) is 43.4 Å². The standard InChI is InChI=1S/C16H20O3/c1-10-7-11(2)14(12(3)8-10)9-16(13(4)17)5-6-19-15(16)18/h7-8H,5-6,9H2,1-4H3. The highest BCUT2D eigenvalue weighted by molar-refractivity contribution is 6.04. The Bertz CT molecular complexity index is 522. The van der Waals surface area contributed by atoms with Crippen molar-refractivity contribution in [2.24, 2.45) is 5.41 Å². The first-order valence-corrected chi connectivity index (χ1v) is 6.62. The minimum atomic E-state index is -0.967. The van der Waals surface area contributed by atoms with Gasteiger partial charge in [0.25, 0.3) is 0 Å². The summed E-state index contributed by atoms with van der Waals surface area (Å²) in [6, 6.07) is 4.19. The number of carbonyl (C=O) groups is 2. The van der Waals surface area contributed by atoms with E-state index < -0.39 is 5.41 Å². The van der Waals surface area contributed by atoms with Crippen LogP contribution in [0.25, 0.3) is 0 Å². The second-order valence-electron chi connectivity index (χ2n) is 5.58. The lowest BCUT2D eigenvalue weighted by Crippen LogP contribution is -2.36. The summed E-state index contributed by atoms with van der Waals surface area (Å²) in [7, 11) is 0. The van der Waals surface area contributed by atoms with Crippen LogP contribution >= 0.6 is 0 Å². The molecule has 0 saturated carbocycles. The third-order valence-corrected chi connectivity index (χ3v) is 4.15. The molecule has 0 bridgehead atoms. The number of hydrogen-bond donors (Lipinski definition) is 0. The van der Waals surface area contributed by atoms with Crippen molar-refractivity contribution in [3.05, 3.63) is 34.4 Å². The Kier molecular flexibility index (Phi) is 3.48. The molecule has 1 aliphatic rings. The van der Waals surface area contributed by atoms with E-state index in [1.54, 1.807) is 0 Å². The molecule has 1 heterocycles. The van der Waals surface area contributed by atoms with E-state index in [2.05, 4.69) is 12.1 Å². The summed E-state index contributed by atoms with van der Waals surface area (Å²) in [6.07, 6.45) is 0.951. The van der Waals surface area contributed by atoms with E-state index in [1.165, 1.54) is 12.5 Å². The van der Waals surface area contributed by atoms with Gasteiger partial charge >= 0.3 is 5.97 Å². The summed E-state index contributed by atoms with van der Waals surface area (Å²) in [4.78, 5) is 24.0. The van der Waals surface area contributed by atoms with E-state index in [1.807, 2.05) is 20.8 Å². The predicted octanol–water partition coefficient (Wildman–Crippen LogP) is 2.68. The molecule has 0 aliphatic carbocycles. The lowest BCUT2D eigenvalue weighted by atomic mass is 9.75. The number of ketones is 1. The molecule has 1 saturated heterocycles. The Hall–Kier alpha value is -1.64. The Morgan fingerprint density at radius 1 is 1.26 bits per heavy atom. The van der Waals surface area contributed by atoms with Gasteiger partial charge in [-0.3, -0.25) is 9.59 Å². The summed E-state index contributed by atoms with van der Waals surface area (Å²) in [5.74, 6) is -0.450. The first-order valence-electron chi connectivity index (χ1n) is 6.62. The monoisotopic (exact) mass is 260 g/mol. The van der Waals surface area contributed by atoms with Gasteiger partial charge in [-0.1, -0.05) is 17.7 Å². The van der Waals surface area contributed by atoms with E-state index in [-0.39, 0.29) is 11.8 Å². The first kappa shape index (κ1) is 13.8. The van der Waals surface area contributed by atoms with Gasteiger partial charge in [0.1, 0.15) is 11.2 Å². The van der Waals surface area contributed by atoms with E-state index in [4.69, 9.17) is 4.74 Å². The molecule has 1 fully saturated rings. The van der Waals surface area contributed by atoms with Gasteiger partial charge in [-0.25, -0.2) is 0 Å². The van der Waals surface area contributed by atoms with Crippen LogP contribution in [0.4, 0.5) is 0 Å². The third-order valence-electron chi connectivity index (χ3n) is 4.15. The molecule has 3 heteroatoms. The Morgan fingerprint density at radius 3 is 2.26 bits per heavy atom. The SMILES string of the molecule is CC(=O)C1(Cc2c(C)cc(C)cc2C)CCOC1=O. The van der Waals surface area contributed by atoms with Crippen molar-refractivity contribution in [2.75, 3.05) is 6.61 Å². The summed E-state index contributed by atoms with van der Waals surface area (Å²) in [5.41, 5.74) is 3.60. The molecule has 102 valence electrons. The van der Waals surface area contributed by atoms with Crippen molar-refractivity contribution >= 4 is 11.8 Å². The molecule has 0 N–H and O–H groups in total. The van der Waals surface area contributed by atoms with Crippen LogP contribution < -0.4 is 0 Å². The maximum atomic E-state index is 12.0. The van der Waals surface area contributed by atoms with Crippen LogP contribution in [0.2, 0.25) is 0 Å². The second kappa shape index (κ2) is 4.80. The normalized spacial score (nSPS) is 22.4. The van der Waals surface area contributed by atoms with Gasteiger partial charge in [0.2, 0.25) is 0 Å². The van der Waals surface area contributed by atoms with Crippen LogP contribution in [0.15, 0.2) is 12.1 Å². The minimum absolute atomic E-state index is 0.0885. The summed E-state index contributed by atoms with van der Waals surface area (Å²) in [5, 5.41) is 0. The molecule has 2 rings (SSSR count). The second-order valence-corrected chi connectivity index (χ2v) is 5.58. The number of ether oxygens (including phenoxy) is 1. The first-order chi connectivity index (χ1) is 8.86. The van der Waals surface area contributed by atoms with Crippen LogP contribution in [0, 0.1) is 26.2 Å². The maximum absolute atomic E-state index is 12.0. The number of hydrogen-bond acceptors (Lipinski definition) is 3. The highest BCUT2D eigenvalue weighted by Gasteiger charge is 2.49. The van der Waals surface area contributed by atoms with Gasteiger partial charge in [-0.2, -0.15) is 0 Å². The molecular formula is C16H20O3. The molecule has 0 spiro atoms. The molecule has 1 aromatic rings. The number of carbonyl (C=O) groups excluding carboxylic acids is 2. The Morgan fingerprint density at radius 2 is 1.84 bits per heavy atom. The van der Waals surface area contributed by atoms with Crippen molar-refractivity contribution in [2.45, 2.75) is 40.5 Å². The lowest BCUT2D eigenvalue weighted by Gasteiger charge is -2.23. The van der Waals surface area contributed by atoms with Crippen molar-refractivity contribution in [3.63, 3.8) is 0 Å². The fourth-order valence-corrected chi connectivity index (χ4v) is 2.95. The zero-order valence-electron chi connectivity index (χ0n) is 12.0. The number of esters is 1. The maximum Gasteiger partial charge on any atom is 0.320 e. The van der Waals surface area contributed by atoms with Gasteiger partial charge in [0.05, 0.1) is 6.61 Å². The molecule has 1 atom stereocenters. The molecule has 3 nitrogen and oxygen atoms in total. The molecule has 0 amide bonds. The molecule has 1 aliphatic heterocycles. The van der Waals surface area contributed by atoms with E-state index in [0.717, 1.165) is 16.7 Å². The van der Waals surface area contributed by atoms with E-state index in [9.17, 15) is 9.59 Å². The Labute approximate surface area is 114 Å². The molecular weight excluding hydrogens is 240 g/mol. The van der Waals surface area contributed by atoms with Crippen molar-refractivity contribution in [1.82, 2.24) is 0 Å². The fourth-order valence-electron chi connectivity index (χ4n) is 2.95. The molecule has 1 unspecified atom stereocenters. The smallest absolute Gasteiger partial charge is 0.320 e.